The van der Waals surface area contributed by atoms with E-state index in [2.05, 4.69) is 0 Å². The molecular weight excluding hydrogens is 282 g/mol. The van der Waals surface area contributed by atoms with Crippen LogP contribution in [0.5, 0.6) is 5.75 Å². The van der Waals surface area contributed by atoms with Gasteiger partial charge in [-0.15, -0.1) is 0 Å². The number of rotatable bonds is 4. The van der Waals surface area contributed by atoms with E-state index in [1.807, 2.05) is 6.07 Å². The molecule has 1 heterocycles. The van der Waals surface area contributed by atoms with Gasteiger partial charge in [0, 0.05) is 11.6 Å². The molecule has 1 aliphatic carbocycles. The van der Waals surface area contributed by atoms with E-state index in [0.717, 1.165) is 31.1 Å². The van der Waals surface area contributed by atoms with Gasteiger partial charge in [-0.25, -0.2) is 0 Å². The zero-order valence-corrected chi connectivity index (χ0v) is 12.6. The molecule has 5 nitrogen and oxygen atoms in total. The number of aromatic nitrogens is 1. The fourth-order valence-corrected chi connectivity index (χ4v) is 2.89. The van der Waals surface area contributed by atoms with E-state index in [1.165, 1.54) is 4.57 Å². The van der Waals surface area contributed by atoms with Crippen LogP contribution in [0.1, 0.15) is 25.7 Å². The Morgan fingerprint density at radius 3 is 2.77 bits per heavy atom. The number of hydrogen-bond acceptors (Lipinski definition) is 4. The Hall–Kier alpha value is -2.30. The number of ether oxygens (including phenoxy) is 2. The third-order valence-corrected chi connectivity index (χ3v) is 4.08. The van der Waals surface area contributed by atoms with Crippen molar-refractivity contribution in [3.05, 3.63) is 40.8 Å². The molecule has 1 aliphatic rings. The lowest BCUT2D eigenvalue weighted by molar-refractivity contribution is -0.149. The van der Waals surface area contributed by atoms with Crippen molar-refractivity contribution >= 4 is 16.7 Å². The third kappa shape index (κ3) is 2.98. The molecule has 0 spiro atoms. The molecule has 116 valence electrons. The second-order valence-electron chi connectivity index (χ2n) is 5.60. The average Bonchev–Trinajstić information content (AvgIpc) is 3.02. The van der Waals surface area contributed by atoms with Crippen LogP contribution in [0.25, 0.3) is 10.8 Å². The quantitative estimate of drug-likeness (QED) is 0.814. The van der Waals surface area contributed by atoms with Gasteiger partial charge in [-0.3, -0.25) is 9.59 Å². The fraction of sp³-hybridized carbons (Fsp3) is 0.412. The number of esters is 1. The molecule has 0 saturated heterocycles. The van der Waals surface area contributed by atoms with E-state index in [4.69, 9.17) is 9.47 Å². The van der Waals surface area contributed by atoms with Gasteiger partial charge in [-0.2, -0.15) is 0 Å². The Labute approximate surface area is 128 Å². The second-order valence-corrected chi connectivity index (χ2v) is 5.60. The molecule has 1 aromatic carbocycles. The minimum atomic E-state index is -0.345. The van der Waals surface area contributed by atoms with Gasteiger partial charge in [0.25, 0.3) is 5.56 Å². The first-order valence-corrected chi connectivity index (χ1v) is 7.54. The van der Waals surface area contributed by atoms with Crippen LogP contribution < -0.4 is 10.3 Å². The molecule has 0 amide bonds. The number of nitrogens with zero attached hydrogens (tertiary/aromatic N) is 1. The first-order chi connectivity index (χ1) is 10.7. The third-order valence-electron chi connectivity index (χ3n) is 4.08. The summed E-state index contributed by atoms with van der Waals surface area (Å²) >= 11 is 0. The van der Waals surface area contributed by atoms with Gasteiger partial charge < -0.3 is 14.0 Å². The first kappa shape index (κ1) is 14.6. The van der Waals surface area contributed by atoms with Crippen LogP contribution in [0.15, 0.2) is 35.3 Å². The molecule has 5 heteroatoms. The molecular formula is C17H19NO4. The van der Waals surface area contributed by atoms with Gasteiger partial charge >= 0.3 is 5.97 Å². The normalized spacial score (nSPS) is 15.1. The molecule has 0 N–H and O–H groups in total. The predicted octanol–water partition coefficient (Wildman–Crippen LogP) is 2.50. The zero-order valence-electron chi connectivity index (χ0n) is 12.6. The molecule has 3 rings (SSSR count). The van der Waals surface area contributed by atoms with Gasteiger partial charge in [-0.1, -0.05) is 0 Å². The Morgan fingerprint density at radius 1 is 1.27 bits per heavy atom. The number of benzene rings is 1. The highest BCUT2D eigenvalue weighted by molar-refractivity contribution is 5.83. The molecule has 1 saturated carbocycles. The lowest BCUT2D eigenvalue weighted by Crippen LogP contribution is -2.26. The van der Waals surface area contributed by atoms with Gasteiger partial charge in [0.2, 0.25) is 0 Å². The summed E-state index contributed by atoms with van der Waals surface area (Å²) in [4.78, 5) is 24.4. The molecule has 0 bridgehead atoms. The maximum absolute atomic E-state index is 12.4. The standard InChI is InChI=1S/C17H19NO4/c1-21-14-6-7-15-12(10-14)8-9-18(17(15)20)11-16(19)22-13-4-2-3-5-13/h6-10,13H,2-5,11H2,1H3. The van der Waals surface area contributed by atoms with Crippen LogP contribution in [0.4, 0.5) is 0 Å². The van der Waals surface area contributed by atoms with Crippen LogP contribution in [-0.4, -0.2) is 23.8 Å². The lowest BCUT2D eigenvalue weighted by atomic mass is 10.1. The number of methoxy groups -OCH3 is 1. The van der Waals surface area contributed by atoms with Crippen LogP contribution >= 0.6 is 0 Å². The highest BCUT2D eigenvalue weighted by Crippen LogP contribution is 2.21. The maximum Gasteiger partial charge on any atom is 0.326 e. The summed E-state index contributed by atoms with van der Waals surface area (Å²) in [5, 5.41) is 1.36. The fourth-order valence-electron chi connectivity index (χ4n) is 2.89. The number of carbonyl (C=O) groups is 1. The monoisotopic (exact) mass is 301 g/mol. The average molecular weight is 301 g/mol. The predicted molar refractivity (Wildman–Crippen MR) is 83.1 cm³/mol. The lowest BCUT2D eigenvalue weighted by Gasteiger charge is -2.12. The zero-order chi connectivity index (χ0) is 15.5. The van der Waals surface area contributed by atoms with Crippen molar-refractivity contribution in [1.29, 1.82) is 0 Å². The van der Waals surface area contributed by atoms with Crippen molar-refractivity contribution in [3.63, 3.8) is 0 Å². The Kier molecular flexibility index (Phi) is 4.13. The summed E-state index contributed by atoms with van der Waals surface area (Å²) in [7, 11) is 1.58. The van der Waals surface area contributed by atoms with Gasteiger partial charge in [0.15, 0.2) is 0 Å². The topological polar surface area (TPSA) is 57.5 Å². The molecule has 0 radical (unpaired) electrons. The highest BCUT2D eigenvalue weighted by Gasteiger charge is 2.19. The minimum Gasteiger partial charge on any atom is -0.497 e. The van der Waals surface area contributed by atoms with Crippen molar-refractivity contribution in [3.8, 4) is 5.75 Å². The molecule has 1 aromatic heterocycles. The highest BCUT2D eigenvalue weighted by atomic mass is 16.5. The van der Waals surface area contributed by atoms with E-state index in [0.29, 0.717) is 11.1 Å². The van der Waals surface area contributed by atoms with Crippen molar-refractivity contribution < 1.29 is 14.3 Å². The molecule has 22 heavy (non-hydrogen) atoms. The van der Waals surface area contributed by atoms with Gasteiger partial charge in [-0.05, 0) is 55.3 Å². The number of pyridine rings is 1. The maximum atomic E-state index is 12.4. The number of carbonyl (C=O) groups excluding carboxylic acids is 1. The largest absolute Gasteiger partial charge is 0.497 e. The van der Waals surface area contributed by atoms with Crippen molar-refractivity contribution in [2.45, 2.75) is 38.3 Å². The molecule has 0 atom stereocenters. The number of hydrogen-bond donors (Lipinski definition) is 0. The second kappa shape index (κ2) is 6.22. The molecule has 1 fully saturated rings. The summed E-state index contributed by atoms with van der Waals surface area (Å²) in [6.45, 7) is -0.0443. The van der Waals surface area contributed by atoms with Crippen molar-refractivity contribution in [2.75, 3.05) is 7.11 Å². The summed E-state index contributed by atoms with van der Waals surface area (Å²) in [6.07, 6.45) is 5.72. The summed E-state index contributed by atoms with van der Waals surface area (Å²) in [6, 6.07) is 7.07. The summed E-state index contributed by atoms with van der Waals surface area (Å²) < 4.78 is 11.9. The van der Waals surface area contributed by atoms with Gasteiger partial charge in [0.1, 0.15) is 18.4 Å². The van der Waals surface area contributed by atoms with E-state index >= 15 is 0 Å². The van der Waals surface area contributed by atoms with Crippen LogP contribution in [0.3, 0.4) is 0 Å². The van der Waals surface area contributed by atoms with Gasteiger partial charge in [0.05, 0.1) is 7.11 Å². The molecule has 0 aliphatic heterocycles. The van der Waals surface area contributed by atoms with E-state index in [-0.39, 0.29) is 24.2 Å². The first-order valence-electron chi connectivity index (χ1n) is 7.54. The Morgan fingerprint density at radius 2 is 2.05 bits per heavy atom. The van der Waals surface area contributed by atoms with E-state index in [9.17, 15) is 9.59 Å². The Bertz CT molecular complexity index is 744. The summed E-state index contributed by atoms with van der Waals surface area (Å²) in [5.41, 5.74) is -0.191. The molecule has 0 unspecified atom stereocenters. The van der Waals surface area contributed by atoms with Crippen LogP contribution in [-0.2, 0) is 16.1 Å². The van der Waals surface area contributed by atoms with E-state index in [1.54, 1.807) is 31.5 Å². The van der Waals surface area contributed by atoms with E-state index < -0.39 is 0 Å². The summed E-state index contributed by atoms with van der Waals surface area (Å²) in [5.74, 6) is 0.354. The van der Waals surface area contributed by atoms with Crippen molar-refractivity contribution in [1.82, 2.24) is 4.57 Å². The Balaban J connectivity index is 1.80. The smallest absolute Gasteiger partial charge is 0.326 e. The van der Waals surface area contributed by atoms with Crippen molar-refractivity contribution in [2.24, 2.45) is 0 Å². The SMILES string of the molecule is COc1ccc2c(=O)n(CC(=O)OC3CCCC3)ccc2c1. The number of fused-ring (bicyclic) bond motifs is 1. The molecule has 2 aromatic rings. The minimum absolute atomic E-state index is 0.0212. The van der Waals surface area contributed by atoms with Crippen LogP contribution in [0, 0.1) is 0 Å². The van der Waals surface area contributed by atoms with Crippen LogP contribution in [0.2, 0.25) is 0 Å².